The van der Waals surface area contributed by atoms with Gasteiger partial charge in [-0.25, -0.2) is 0 Å². The maximum Gasteiger partial charge on any atom is 0.252 e. The molecular formula is C15H15N3O. The molecule has 1 amide bonds. The predicted octanol–water partition coefficient (Wildman–Crippen LogP) is 2.40. The lowest BCUT2D eigenvalue weighted by atomic mass is 10.1. The Balaban J connectivity index is 1.68. The summed E-state index contributed by atoms with van der Waals surface area (Å²) in [6, 6.07) is 11.6. The Hall–Kier alpha value is -2.49. The van der Waals surface area contributed by atoms with Gasteiger partial charge in [0.05, 0.1) is 0 Å². The maximum absolute atomic E-state index is 12.2. The van der Waals surface area contributed by atoms with Crippen molar-refractivity contribution in [3.05, 3.63) is 60.6 Å². The van der Waals surface area contributed by atoms with E-state index in [1.54, 1.807) is 0 Å². The average molecular weight is 253 g/mol. The second-order valence-electron chi connectivity index (χ2n) is 4.42. The van der Waals surface area contributed by atoms with Crippen molar-refractivity contribution >= 4 is 16.8 Å². The molecule has 19 heavy (non-hydrogen) atoms. The smallest absolute Gasteiger partial charge is 0.252 e. The van der Waals surface area contributed by atoms with Crippen LogP contribution in [-0.4, -0.2) is 22.0 Å². The average Bonchev–Trinajstić information content (AvgIpc) is 3.08. The van der Waals surface area contributed by atoms with E-state index < -0.39 is 0 Å². The molecule has 1 aromatic carbocycles. The van der Waals surface area contributed by atoms with Gasteiger partial charge in [0.25, 0.3) is 5.91 Å². The van der Waals surface area contributed by atoms with Gasteiger partial charge in [0.15, 0.2) is 0 Å². The highest BCUT2D eigenvalue weighted by Crippen LogP contribution is 2.16. The van der Waals surface area contributed by atoms with Gasteiger partial charge in [0.2, 0.25) is 0 Å². The number of rotatable bonds is 4. The van der Waals surface area contributed by atoms with Crippen molar-refractivity contribution in [2.75, 3.05) is 6.54 Å². The molecule has 4 heteroatoms. The SMILES string of the molecule is O=C(NCCn1cccc1)c1cccc2[nH]ccc12. The van der Waals surface area contributed by atoms with Crippen LogP contribution in [0, 0.1) is 0 Å². The summed E-state index contributed by atoms with van der Waals surface area (Å²) in [7, 11) is 0. The normalized spacial score (nSPS) is 10.7. The van der Waals surface area contributed by atoms with Crippen molar-refractivity contribution in [3.8, 4) is 0 Å². The highest BCUT2D eigenvalue weighted by molar-refractivity contribution is 6.06. The Bertz CT molecular complexity index is 682. The summed E-state index contributed by atoms with van der Waals surface area (Å²) in [4.78, 5) is 15.3. The lowest BCUT2D eigenvalue weighted by Crippen LogP contribution is -2.27. The summed E-state index contributed by atoms with van der Waals surface area (Å²) in [5.74, 6) is -0.0302. The molecule has 0 radical (unpaired) electrons. The predicted molar refractivity (Wildman–Crippen MR) is 75.1 cm³/mol. The van der Waals surface area contributed by atoms with E-state index in [0.29, 0.717) is 12.1 Å². The van der Waals surface area contributed by atoms with Crippen molar-refractivity contribution in [2.45, 2.75) is 6.54 Å². The lowest BCUT2D eigenvalue weighted by molar-refractivity contribution is 0.0954. The third kappa shape index (κ3) is 2.38. The molecule has 0 spiro atoms. The maximum atomic E-state index is 12.2. The number of benzene rings is 1. The minimum atomic E-state index is -0.0302. The van der Waals surface area contributed by atoms with Gasteiger partial charge in [-0.15, -0.1) is 0 Å². The molecule has 0 saturated heterocycles. The topological polar surface area (TPSA) is 49.8 Å². The number of nitrogens with zero attached hydrogens (tertiary/aromatic N) is 1. The molecule has 0 bridgehead atoms. The molecule has 2 heterocycles. The molecule has 0 aliphatic carbocycles. The Kier molecular flexibility index (Phi) is 3.06. The molecule has 3 rings (SSSR count). The van der Waals surface area contributed by atoms with Crippen LogP contribution in [0.15, 0.2) is 55.0 Å². The van der Waals surface area contributed by atoms with Crippen LogP contribution >= 0.6 is 0 Å². The second kappa shape index (κ2) is 5.02. The number of hydrogen-bond acceptors (Lipinski definition) is 1. The van der Waals surface area contributed by atoms with Crippen molar-refractivity contribution in [1.82, 2.24) is 14.9 Å². The zero-order chi connectivity index (χ0) is 13.1. The van der Waals surface area contributed by atoms with Gasteiger partial charge < -0.3 is 14.9 Å². The van der Waals surface area contributed by atoms with Gasteiger partial charge in [0.1, 0.15) is 0 Å². The largest absolute Gasteiger partial charge is 0.361 e. The van der Waals surface area contributed by atoms with Gasteiger partial charge in [0, 0.05) is 48.1 Å². The molecule has 3 aromatic rings. The first-order chi connectivity index (χ1) is 9.34. The third-order valence-electron chi connectivity index (χ3n) is 3.16. The van der Waals surface area contributed by atoms with Gasteiger partial charge in [-0.3, -0.25) is 4.79 Å². The van der Waals surface area contributed by atoms with E-state index in [-0.39, 0.29) is 5.91 Å². The van der Waals surface area contributed by atoms with Crippen LogP contribution in [0.5, 0.6) is 0 Å². The molecule has 0 unspecified atom stereocenters. The number of amides is 1. The zero-order valence-electron chi connectivity index (χ0n) is 10.5. The van der Waals surface area contributed by atoms with Gasteiger partial charge in [-0.2, -0.15) is 0 Å². The fraction of sp³-hybridized carbons (Fsp3) is 0.133. The van der Waals surface area contributed by atoms with Crippen molar-refractivity contribution in [1.29, 1.82) is 0 Å². The number of aromatic amines is 1. The first-order valence-electron chi connectivity index (χ1n) is 6.30. The van der Waals surface area contributed by atoms with Crippen LogP contribution in [0.1, 0.15) is 10.4 Å². The van der Waals surface area contributed by atoms with Gasteiger partial charge in [-0.05, 0) is 30.3 Å². The van der Waals surface area contributed by atoms with Crippen LogP contribution in [0.4, 0.5) is 0 Å². The summed E-state index contributed by atoms with van der Waals surface area (Å²) < 4.78 is 2.04. The second-order valence-corrected chi connectivity index (χ2v) is 4.42. The monoisotopic (exact) mass is 253 g/mol. The van der Waals surface area contributed by atoms with Crippen LogP contribution in [0.2, 0.25) is 0 Å². The minimum absolute atomic E-state index is 0.0302. The number of carbonyl (C=O) groups is 1. The molecule has 96 valence electrons. The first kappa shape index (κ1) is 11.6. The molecule has 0 atom stereocenters. The molecule has 0 aliphatic heterocycles. The fourth-order valence-corrected chi connectivity index (χ4v) is 2.20. The van der Waals surface area contributed by atoms with E-state index in [4.69, 9.17) is 0 Å². The molecule has 0 fully saturated rings. The zero-order valence-corrected chi connectivity index (χ0v) is 10.5. The standard InChI is InChI=1S/C15H15N3O/c19-15(17-8-11-18-9-1-2-10-18)13-4-3-5-14-12(13)6-7-16-14/h1-7,9-10,16H,8,11H2,(H,17,19). The van der Waals surface area contributed by atoms with Crippen LogP contribution in [0.25, 0.3) is 10.9 Å². The summed E-state index contributed by atoms with van der Waals surface area (Å²) >= 11 is 0. The Morgan fingerprint density at radius 3 is 2.84 bits per heavy atom. The molecule has 2 aromatic heterocycles. The highest BCUT2D eigenvalue weighted by Gasteiger charge is 2.09. The molecule has 4 nitrogen and oxygen atoms in total. The fourth-order valence-electron chi connectivity index (χ4n) is 2.20. The first-order valence-corrected chi connectivity index (χ1v) is 6.30. The molecular weight excluding hydrogens is 238 g/mol. The third-order valence-corrected chi connectivity index (χ3v) is 3.16. The Morgan fingerprint density at radius 2 is 2.00 bits per heavy atom. The Labute approximate surface area is 111 Å². The van der Waals surface area contributed by atoms with E-state index in [0.717, 1.165) is 17.4 Å². The molecule has 0 aliphatic rings. The summed E-state index contributed by atoms with van der Waals surface area (Å²) in [6.45, 7) is 1.40. The molecule has 0 saturated carbocycles. The number of nitrogens with one attached hydrogen (secondary N) is 2. The van der Waals surface area contributed by atoms with Gasteiger partial charge in [-0.1, -0.05) is 6.07 Å². The molecule has 2 N–H and O–H groups in total. The van der Waals surface area contributed by atoms with E-state index in [9.17, 15) is 4.79 Å². The summed E-state index contributed by atoms with van der Waals surface area (Å²) in [5.41, 5.74) is 1.70. The number of fused-ring (bicyclic) bond motifs is 1. The van der Waals surface area contributed by atoms with Crippen molar-refractivity contribution in [2.24, 2.45) is 0 Å². The van der Waals surface area contributed by atoms with Crippen molar-refractivity contribution in [3.63, 3.8) is 0 Å². The van der Waals surface area contributed by atoms with Crippen LogP contribution in [0.3, 0.4) is 0 Å². The lowest BCUT2D eigenvalue weighted by Gasteiger charge is -2.07. The number of hydrogen-bond donors (Lipinski definition) is 2. The van der Waals surface area contributed by atoms with E-state index in [1.807, 2.05) is 59.6 Å². The van der Waals surface area contributed by atoms with Crippen LogP contribution < -0.4 is 5.32 Å². The van der Waals surface area contributed by atoms with Crippen LogP contribution in [-0.2, 0) is 6.54 Å². The minimum Gasteiger partial charge on any atom is -0.361 e. The van der Waals surface area contributed by atoms with Gasteiger partial charge >= 0.3 is 0 Å². The van der Waals surface area contributed by atoms with E-state index in [2.05, 4.69) is 10.3 Å². The summed E-state index contributed by atoms with van der Waals surface area (Å²) in [6.07, 6.45) is 5.82. The number of carbonyl (C=O) groups excluding carboxylic acids is 1. The number of aromatic nitrogens is 2. The quantitative estimate of drug-likeness (QED) is 0.737. The highest BCUT2D eigenvalue weighted by atomic mass is 16.1. The summed E-state index contributed by atoms with van der Waals surface area (Å²) in [5, 5.41) is 3.90. The van der Waals surface area contributed by atoms with Crippen molar-refractivity contribution < 1.29 is 4.79 Å². The van der Waals surface area contributed by atoms with E-state index >= 15 is 0 Å². The van der Waals surface area contributed by atoms with E-state index in [1.165, 1.54) is 0 Å². The Morgan fingerprint density at radius 1 is 1.16 bits per heavy atom. The number of H-pyrrole nitrogens is 1.